The molecule has 8 aromatic carbocycles. The molecule has 58 heavy (non-hydrogen) atoms. The monoisotopic (exact) mass is 742 g/mol. The van der Waals surface area contributed by atoms with Crippen LogP contribution in [-0.4, -0.2) is 19.9 Å². The quantitative estimate of drug-likeness (QED) is 0.153. The lowest BCUT2D eigenvalue weighted by Crippen LogP contribution is -2.01. The van der Waals surface area contributed by atoms with Crippen LogP contribution < -0.4 is 0 Å². The fourth-order valence-corrected chi connectivity index (χ4v) is 8.00. The van der Waals surface area contributed by atoms with Gasteiger partial charge in [-0.2, -0.15) is 0 Å². The number of fused-ring (bicyclic) bond motifs is 3. The Hall–Kier alpha value is -7.56. The van der Waals surface area contributed by atoms with E-state index in [0.717, 1.165) is 72.6 Å². The first-order valence-electron chi connectivity index (χ1n) is 19.6. The van der Waals surface area contributed by atoms with Gasteiger partial charge < -0.3 is 0 Å². The molecule has 0 unspecified atom stereocenters. The third kappa shape index (κ3) is 6.71. The summed E-state index contributed by atoms with van der Waals surface area (Å²) in [5.74, 6) is 1.83. The van der Waals surface area contributed by atoms with Crippen molar-refractivity contribution in [2.24, 2.45) is 0 Å². The molecular weight excluding hydrogens is 705 g/mol. The van der Waals surface area contributed by atoms with Crippen molar-refractivity contribution in [2.75, 3.05) is 0 Å². The van der Waals surface area contributed by atoms with Crippen molar-refractivity contribution in [3.8, 4) is 78.7 Å². The number of benzene rings is 8. The molecular formula is C54H38N4. The number of nitrogens with zero attached hydrogens (tertiary/aromatic N) is 4. The van der Waals surface area contributed by atoms with Gasteiger partial charge in [0.15, 0.2) is 17.5 Å². The number of aryl methyl sites for hydroxylation is 2. The maximum Gasteiger partial charge on any atom is 0.164 e. The second-order valence-electron chi connectivity index (χ2n) is 14.8. The molecule has 0 atom stereocenters. The predicted molar refractivity (Wildman–Crippen MR) is 240 cm³/mol. The highest BCUT2D eigenvalue weighted by Gasteiger charge is 2.18. The highest BCUT2D eigenvalue weighted by Crippen LogP contribution is 2.39. The maximum atomic E-state index is 5.25. The van der Waals surface area contributed by atoms with E-state index in [0.29, 0.717) is 17.5 Å². The van der Waals surface area contributed by atoms with E-state index in [1.807, 2.05) is 19.1 Å². The molecule has 2 aromatic heterocycles. The van der Waals surface area contributed by atoms with Crippen LogP contribution in [0.1, 0.15) is 11.4 Å². The molecule has 0 N–H and O–H groups in total. The number of aromatic nitrogens is 4. The summed E-state index contributed by atoms with van der Waals surface area (Å²) >= 11 is 0. The molecule has 10 rings (SSSR count). The Morgan fingerprint density at radius 1 is 0.276 bits per heavy atom. The molecule has 0 saturated heterocycles. The molecule has 0 aliphatic rings. The van der Waals surface area contributed by atoms with E-state index in [2.05, 4.69) is 189 Å². The molecule has 4 nitrogen and oxygen atoms in total. The Kier molecular flexibility index (Phi) is 8.92. The molecule has 0 bridgehead atoms. The van der Waals surface area contributed by atoms with E-state index in [1.54, 1.807) is 0 Å². The average Bonchev–Trinajstić information content (AvgIpc) is 3.29. The molecule has 0 amide bonds. The maximum absolute atomic E-state index is 5.25. The van der Waals surface area contributed by atoms with Crippen LogP contribution in [0.5, 0.6) is 0 Å². The van der Waals surface area contributed by atoms with Gasteiger partial charge in [-0.1, -0.05) is 164 Å². The Morgan fingerprint density at radius 3 is 1.28 bits per heavy atom. The average molecular weight is 743 g/mol. The van der Waals surface area contributed by atoms with Crippen LogP contribution in [0.15, 0.2) is 194 Å². The van der Waals surface area contributed by atoms with Gasteiger partial charge in [0.05, 0.1) is 0 Å². The number of hydrogen-bond donors (Lipinski definition) is 0. The second-order valence-corrected chi connectivity index (χ2v) is 14.8. The summed E-state index contributed by atoms with van der Waals surface area (Å²) in [7, 11) is 0. The summed E-state index contributed by atoms with van der Waals surface area (Å²) in [4.78, 5) is 20.5. The Morgan fingerprint density at radius 2 is 0.707 bits per heavy atom. The number of hydrogen-bond acceptors (Lipinski definition) is 4. The molecule has 4 heteroatoms. The molecule has 0 spiro atoms. The predicted octanol–water partition coefficient (Wildman–Crippen LogP) is 13.9. The third-order valence-electron chi connectivity index (χ3n) is 10.9. The number of pyridine rings is 1. The largest absolute Gasteiger partial charge is 0.258 e. The van der Waals surface area contributed by atoms with Gasteiger partial charge in [-0.25, -0.2) is 15.0 Å². The van der Waals surface area contributed by atoms with E-state index < -0.39 is 0 Å². The van der Waals surface area contributed by atoms with Crippen LogP contribution in [0.2, 0.25) is 0 Å². The summed E-state index contributed by atoms with van der Waals surface area (Å²) in [6, 6.07) is 68.4. The van der Waals surface area contributed by atoms with Gasteiger partial charge in [0.25, 0.3) is 0 Å². The Labute approximate surface area is 338 Å². The topological polar surface area (TPSA) is 51.6 Å². The second kappa shape index (κ2) is 14.8. The van der Waals surface area contributed by atoms with Crippen LogP contribution in [0, 0.1) is 13.8 Å². The lowest BCUT2D eigenvalue weighted by Gasteiger charge is -2.16. The molecule has 0 aliphatic carbocycles. The van der Waals surface area contributed by atoms with Crippen molar-refractivity contribution in [3.05, 3.63) is 206 Å². The zero-order valence-corrected chi connectivity index (χ0v) is 32.3. The van der Waals surface area contributed by atoms with Crippen molar-refractivity contribution in [1.29, 1.82) is 0 Å². The molecule has 0 saturated carbocycles. The first-order valence-corrected chi connectivity index (χ1v) is 19.6. The normalized spacial score (nSPS) is 11.3. The summed E-state index contributed by atoms with van der Waals surface area (Å²) in [6.07, 6.45) is 0. The minimum absolute atomic E-state index is 0.602. The van der Waals surface area contributed by atoms with Crippen LogP contribution in [0.3, 0.4) is 0 Å². The van der Waals surface area contributed by atoms with E-state index in [9.17, 15) is 0 Å². The lowest BCUT2D eigenvalue weighted by atomic mass is 9.90. The van der Waals surface area contributed by atoms with Crippen molar-refractivity contribution < 1.29 is 0 Å². The van der Waals surface area contributed by atoms with E-state index >= 15 is 0 Å². The van der Waals surface area contributed by atoms with Crippen LogP contribution >= 0.6 is 0 Å². The van der Waals surface area contributed by atoms with Crippen LogP contribution in [0.25, 0.3) is 100 Å². The lowest BCUT2D eigenvalue weighted by molar-refractivity contribution is 1.07. The molecule has 2 heterocycles. The van der Waals surface area contributed by atoms with Gasteiger partial charge in [0.1, 0.15) is 0 Å². The zero-order chi connectivity index (χ0) is 39.0. The van der Waals surface area contributed by atoms with Gasteiger partial charge in [0.2, 0.25) is 0 Å². The van der Waals surface area contributed by atoms with E-state index in [1.165, 1.54) is 21.5 Å². The van der Waals surface area contributed by atoms with Gasteiger partial charge >= 0.3 is 0 Å². The van der Waals surface area contributed by atoms with Gasteiger partial charge in [-0.15, -0.1) is 0 Å². The van der Waals surface area contributed by atoms with Crippen molar-refractivity contribution in [3.63, 3.8) is 0 Å². The fraction of sp³-hybridized carbons (Fsp3) is 0.0370. The van der Waals surface area contributed by atoms with E-state index in [-0.39, 0.29) is 0 Å². The highest BCUT2D eigenvalue weighted by molar-refractivity contribution is 6.14. The van der Waals surface area contributed by atoms with Gasteiger partial charge in [-0.3, -0.25) is 4.98 Å². The SMILES string of the molecule is Cc1ccc(-c2cc(-c3nc(-c4ccc(-c5ccccc5)cc4)nc(-c4ccc(-c5ccccc5)cc4)n3)cc(-c3cc4ccccc4c4ccccc34)c2)c(C)n1. The van der Waals surface area contributed by atoms with Crippen LogP contribution in [0.4, 0.5) is 0 Å². The Bertz CT molecular complexity index is 3000. The summed E-state index contributed by atoms with van der Waals surface area (Å²) in [5, 5.41) is 4.84. The summed E-state index contributed by atoms with van der Waals surface area (Å²) < 4.78 is 0. The molecule has 0 aliphatic heterocycles. The van der Waals surface area contributed by atoms with Gasteiger partial charge in [-0.05, 0) is 105 Å². The molecule has 10 aromatic rings. The zero-order valence-electron chi connectivity index (χ0n) is 32.3. The molecule has 0 radical (unpaired) electrons. The smallest absolute Gasteiger partial charge is 0.164 e. The summed E-state index contributed by atoms with van der Waals surface area (Å²) in [6.45, 7) is 4.12. The standard InChI is InChI=1S/C54H38N4/c1-35-21-30-47(36(2)55-35)44-31-45(51-34-43-17-9-10-18-48(43)49-19-11-12-20-50(49)51)33-46(32-44)54-57-52(41-26-22-39(23-27-41)37-13-5-3-6-14-37)56-53(58-54)42-28-24-40(25-29-42)38-15-7-4-8-16-38/h3-34H,1-2H3. The molecule has 0 fully saturated rings. The first-order chi connectivity index (χ1) is 28.5. The van der Waals surface area contributed by atoms with Crippen molar-refractivity contribution >= 4 is 21.5 Å². The van der Waals surface area contributed by atoms with Crippen LogP contribution in [-0.2, 0) is 0 Å². The van der Waals surface area contributed by atoms with Crippen molar-refractivity contribution in [1.82, 2.24) is 19.9 Å². The minimum Gasteiger partial charge on any atom is -0.258 e. The Balaban J connectivity index is 1.18. The summed E-state index contributed by atoms with van der Waals surface area (Å²) in [5.41, 5.74) is 13.6. The van der Waals surface area contributed by atoms with Crippen molar-refractivity contribution in [2.45, 2.75) is 13.8 Å². The first kappa shape index (κ1) is 34.9. The minimum atomic E-state index is 0.602. The number of rotatable bonds is 7. The van der Waals surface area contributed by atoms with Gasteiger partial charge in [0, 0.05) is 33.6 Å². The fourth-order valence-electron chi connectivity index (χ4n) is 8.00. The highest BCUT2D eigenvalue weighted by atomic mass is 15.0. The third-order valence-corrected chi connectivity index (χ3v) is 10.9. The van der Waals surface area contributed by atoms with E-state index in [4.69, 9.17) is 19.9 Å². The molecule has 274 valence electrons.